The van der Waals surface area contributed by atoms with Gasteiger partial charge in [0.05, 0.1) is 3.23 Å². The molecule has 1 aliphatic carbocycles. The number of unbranched alkanes of at least 4 members (excludes halogenated alkanes) is 1. The molecule has 0 aliphatic heterocycles. The van der Waals surface area contributed by atoms with Crippen molar-refractivity contribution in [3.63, 3.8) is 0 Å². The Labute approximate surface area is 80.0 Å². The highest BCUT2D eigenvalue weighted by molar-refractivity contribution is 9.25. The van der Waals surface area contributed by atoms with Crippen LogP contribution >= 0.6 is 31.9 Å². The summed E-state index contributed by atoms with van der Waals surface area (Å²) in [4.78, 5) is 0. The minimum absolute atomic E-state index is 0.301. The highest BCUT2D eigenvalue weighted by Crippen LogP contribution is 2.63. The Bertz CT molecular complexity index is 120. The van der Waals surface area contributed by atoms with Crippen LogP contribution in [0, 0.1) is 11.8 Å². The first-order valence-electron chi connectivity index (χ1n) is 3.98. The van der Waals surface area contributed by atoms with Crippen LogP contribution in [0.25, 0.3) is 0 Å². The molecule has 10 heavy (non-hydrogen) atoms. The van der Waals surface area contributed by atoms with Gasteiger partial charge in [0, 0.05) is 0 Å². The predicted molar refractivity (Wildman–Crippen MR) is 52.8 cm³/mol. The van der Waals surface area contributed by atoms with E-state index in [2.05, 4.69) is 45.7 Å². The van der Waals surface area contributed by atoms with Gasteiger partial charge in [0.2, 0.25) is 0 Å². The standard InChI is InChI=1S/C8H14Br2/c1-3-4-5-7-6(2)8(7,9)10/h6-7H,3-5H2,1-2H3/t6-,7+/m1/s1. The third-order valence-corrected chi connectivity index (χ3v) is 5.09. The van der Waals surface area contributed by atoms with Gasteiger partial charge in [0.1, 0.15) is 0 Å². The lowest BCUT2D eigenvalue weighted by Crippen LogP contribution is -1.87. The van der Waals surface area contributed by atoms with Crippen molar-refractivity contribution in [1.82, 2.24) is 0 Å². The second-order valence-electron chi connectivity index (χ2n) is 3.21. The van der Waals surface area contributed by atoms with Crippen LogP contribution in [0.1, 0.15) is 33.1 Å². The fraction of sp³-hybridized carbons (Fsp3) is 1.00. The number of halogens is 2. The molecule has 1 fully saturated rings. The monoisotopic (exact) mass is 268 g/mol. The first-order chi connectivity index (χ1) is 4.60. The molecule has 0 aromatic heterocycles. The Balaban J connectivity index is 2.22. The van der Waals surface area contributed by atoms with Crippen molar-refractivity contribution in [1.29, 1.82) is 0 Å². The van der Waals surface area contributed by atoms with E-state index < -0.39 is 0 Å². The molecule has 0 radical (unpaired) electrons. The summed E-state index contributed by atoms with van der Waals surface area (Å²) >= 11 is 7.33. The maximum Gasteiger partial charge on any atom is 0.0865 e. The van der Waals surface area contributed by atoms with E-state index in [-0.39, 0.29) is 0 Å². The molecule has 2 atom stereocenters. The summed E-state index contributed by atoms with van der Waals surface area (Å²) in [6.45, 7) is 4.54. The molecule has 0 bridgehead atoms. The van der Waals surface area contributed by atoms with E-state index >= 15 is 0 Å². The second-order valence-corrected chi connectivity index (χ2v) is 6.90. The molecule has 0 heterocycles. The number of rotatable bonds is 3. The van der Waals surface area contributed by atoms with Crippen LogP contribution < -0.4 is 0 Å². The molecule has 0 amide bonds. The van der Waals surface area contributed by atoms with Crippen molar-refractivity contribution in [3.05, 3.63) is 0 Å². The van der Waals surface area contributed by atoms with Crippen molar-refractivity contribution in [2.45, 2.75) is 36.3 Å². The fourth-order valence-corrected chi connectivity index (χ4v) is 3.05. The van der Waals surface area contributed by atoms with Gasteiger partial charge in [-0.2, -0.15) is 0 Å². The molecule has 0 aromatic carbocycles. The van der Waals surface area contributed by atoms with Gasteiger partial charge in [-0.05, 0) is 18.3 Å². The molecule has 0 aromatic rings. The van der Waals surface area contributed by atoms with Crippen molar-refractivity contribution in [2.75, 3.05) is 0 Å². The lowest BCUT2D eigenvalue weighted by atomic mass is 10.2. The fourth-order valence-electron chi connectivity index (χ4n) is 1.43. The zero-order valence-corrected chi connectivity index (χ0v) is 9.70. The van der Waals surface area contributed by atoms with Crippen LogP contribution in [0.3, 0.4) is 0 Å². The molecule has 0 spiro atoms. The van der Waals surface area contributed by atoms with E-state index in [1.165, 1.54) is 19.3 Å². The smallest absolute Gasteiger partial charge is 0.0721 e. The Morgan fingerprint density at radius 1 is 1.40 bits per heavy atom. The van der Waals surface area contributed by atoms with Crippen molar-refractivity contribution in [3.8, 4) is 0 Å². The molecule has 0 unspecified atom stereocenters. The van der Waals surface area contributed by atoms with Gasteiger partial charge in [-0.15, -0.1) is 0 Å². The van der Waals surface area contributed by atoms with Gasteiger partial charge in [-0.25, -0.2) is 0 Å². The first kappa shape index (κ1) is 9.05. The van der Waals surface area contributed by atoms with Crippen molar-refractivity contribution in [2.24, 2.45) is 11.8 Å². The predicted octanol–water partition coefficient (Wildman–Crippen LogP) is 3.93. The summed E-state index contributed by atoms with van der Waals surface area (Å²) in [5.41, 5.74) is 0. The van der Waals surface area contributed by atoms with Gasteiger partial charge in [-0.1, -0.05) is 58.5 Å². The number of alkyl halides is 2. The molecule has 0 nitrogen and oxygen atoms in total. The topological polar surface area (TPSA) is 0 Å². The highest BCUT2D eigenvalue weighted by Gasteiger charge is 2.57. The van der Waals surface area contributed by atoms with E-state index in [9.17, 15) is 0 Å². The first-order valence-corrected chi connectivity index (χ1v) is 5.57. The van der Waals surface area contributed by atoms with Crippen LogP contribution in [-0.2, 0) is 0 Å². The Morgan fingerprint density at radius 3 is 2.20 bits per heavy atom. The summed E-state index contributed by atoms with van der Waals surface area (Å²) in [5, 5.41) is 0. The lowest BCUT2D eigenvalue weighted by molar-refractivity contribution is 0.620. The van der Waals surface area contributed by atoms with Crippen molar-refractivity contribution >= 4 is 31.9 Å². The zero-order valence-electron chi connectivity index (χ0n) is 6.53. The van der Waals surface area contributed by atoms with Gasteiger partial charge < -0.3 is 0 Å². The summed E-state index contributed by atoms with van der Waals surface area (Å²) in [6, 6.07) is 0. The molecular weight excluding hydrogens is 256 g/mol. The Kier molecular flexibility index (Phi) is 2.84. The molecule has 0 saturated heterocycles. The van der Waals surface area contributed by atoms with Crippen LogP contribution in [0.2, 0.25) is 0 Å². The Hall–Kier alpha value is 0.960. The molecular formula is C8H14Br2. The maximum atomic E-state index is 3.66. The van der Waals surface area contributed by atoms with Crippen LogP contribution in [-0.4, -0.2) is 3.23 Å². The summed E-state index contributed by atoms with van der Waals surface area (Å²) in [5.74, 6) is 1.69. The number of hydrogen-bond acceptors (Lipinski definition) is 0. The highest BCUT2D eigenvalue weighted by atomic mass is 79.9. The van der Waals surface area contributed by atoms with Gasteiger partial charge in [-0.3, -0.25) is 0 Å². The average molecular weight is 270 g/mol. The minimum atomic E-state index is 0.301. The summed E-state index contributed by atoms with van der Waals surface area (Å²) < 4.78 is 0.301. The van der Waals surface area contributed by atoms with Gasteiger partial charge in [0.25, 0.3) is 0 Å². The Morgan fingerprint density at radius 2 is 1.90 bits per heavy atom. The van der Waals surface area contributed by atoms with Crippen LogP contribution in [0.15, 0.2) is 0 Å². The second kappa shape index (κ2) is 3.14. The summed E-state index contributed by atoms with van der Waals surface area (Å²) in [6.07, 6.45) is 4.06. The molecule has 1 saturated carbocycles. The third kappa shape index (κ3) is 1.58. The molecule has 1 rings (SSSR count). The van der Waals surface area contributed by atoms with E-state index in [1.54, 1.807) is 0 Å². The third-order valence-electron chi connectivity index (χ3n) is 2.46. The average Bonchev–Trinajstić information content (AvgIpc) is 2.31. The van der Waals surface area contributed by atoms with E-state index in [0.717, 1.165) is 11.8 Å². The van der Waals surface area contributed by atoms with Gasteiger partial charge >= 0.3 is 0 Å². The van der Waals surface area contributed by atoms with Crippen LogP contribution in [0.5, 0.6) is 0 Å². The lowest BCUT2D eigenvalue weighted by Gasteiger charge is -1.96. The van der Waals surface area contributed by atoms with Crippen molar-refractivity contribution < 1.29 is 0 Å². The minimum Gasteiger partial charge on any atom is -0.0721 e. The van der Waals surface area contributed by atoms with Gasteiger partial charge in [0.15, 0.2) is 0 Å². The normalized spacial score (nSPS) is 36.0. The largest absolute Gasteiger partial charge is 0.0865 e. The molecule has 60 valence electrons. The molecule has 2 heteroatoms. The van der Waals surface area contributed by atoms with E-state index in [0.29, 0.717) is 3.23 Å². The SMILES string of the molecule is CCCC[C@H]1[C@@H](C)C1(Br)Br. The van der Waals surface area contributed by atoms with E-state index in [4.69, 9.17) is 0 Å². The number of hydrogen-bond donors (Lipinski definition) is 0. The quantitative estimate of drug-likeness (QED) is 0.681. The summed E-state index contributed by atoms with van der Waals surface area (Å²) in [7, 11) is 0. The zero-order chi connectivity index (χ0) is 7.78. The van der Waals surface area contributed by atoms with E-state index in [1.807, 2.05) is 0 Å². The molecule has 1 aliphatic rings. The molecule has 0 N–H and O–H groups in total. The van der Waals surface area contributed by atoms with Crippen LogP contribution in [0.4, 0.5) is 0 Å². The maximum absolute atomic E-state index is 3.66.